The summed E-state index contributed by atoms with van der Waals surface area (Å²) in [6, 6.07) is 35.7. The van der Waals surface area contributed by atoms with Crippen molar-refractivity contribution in [2.45, 2.75) is 34.1 Å². The van der Waals surface area contributed by atoms with Gasteiger partial charge < -0.3 is 9.97 Å². The number of aryl methyl sites for hydroxylation is 4. The molecule has 5 aromatic rings. The molecule has 0 aliphatic rings. The summed E-state index contributed by atoms with van der Waals surface area (Å²) >= 11 is 0. The Bertz CT molecular complexity index is 1330. The summed E-state index contributed by atoms with van der Waals surface area (Å²) in [7, 11) is 0. The van der Waals surface area contributed by atoms with Gasteiger partial charge in [0.05, 0.1) is 0 Å². The molecule has 3 heteroatoms. The van der Waals surface area contributed by atoms with Crippen LogP contribution in [-0.2, 0) is 26.5 Å². The Morgan fingerprint density at radius 1 is 0.639 bits per heavy atom. The van der Waals surface area contributed by atoms with Gasteiger partial charge in [-0.1, -0.05) is 56.3 Å². The zero-order valence-electron chi connectivity index (χ0n) is 21.2. The first-order valence-corrected chi connectivity index (χ1v) is 11.9. The monoisotopic (exact) mass is 647 g/mol. The summed E-state index contributed by atoms with van der Waals surface area (Å²) < 4.78 is 0. The summed E-state index contributed by atoms with van der Waals surface area (Å²) in [5.41, 5.74) is 11.7. The quantitative estimate of drug-likeness (QED) is 0.186. The van der Waals surface area contributed by atoms with E-state index in [1.165, 1.54) is 33.4 Å². The standard InChI is InChI=1S/C20H18N.C13H12N.Ir/c1-15-7-9-18(10-8-15)20-14-17(11-12-21-20)13-19-6-4-3-5-16(19)2;1-10-3-6-12(7-4-10)13-8-5-11(2)9-14-13;/h3-9,11-12,14H,13H2,1-2H3;3-6,8-9H,1-2H3;/q2*-1;. The Morgan fingerprint density at radius 2 is 1.28 bits per heavy atom. The van der Waals surface area contributed by atoms with E-state index in [4.69, 9.17) is 0 Å². The molecule has 1 radical (unpaired) electrons. The molecule has 0 aliphatic heterocycles. The van der Waals surface area contributed by atoms with Gasteiger partial charge in [0.25, 0.3) is 0 Å². The number of hydrogen-bond donors (Lipinski definition) is 0. The molecule has 0 amide bonds. The third-order valence-corrected chi connectivity index (χ3v) is 5.88. The molecule has 0 spiro atoms. The minimum absolute atomic E-state index is 0. The summed E-state index contributed by atoms with van der Waals surface area (Å²) in [5.74, 6) is 0. The molecule has 0 N–H and O–H groups in total. The molecule has 0 atom stereocenters. The fourth-order valence-electron chi connectivity index (χ4n) is 3.71. The second-order valence-corrected chi connectivity index (χ2v) is 8.93. The van der Waals surface area contributed by atoms with Crippen molar-refractivity contribution in [1.82, 2.24) is 9.97 Å². The molecule has 36 heavy (non-hydrogen) atoms. The van der Waals surface area contributed by atoms with E-state index >= 15 is 0 Å². The van der Waals surface area contributed by atoms with Crippen molar-refractivity contribution < 1.29 is 20.1 Å². The SMILES string of the molecule is Cc1c[c-]c(-c2cc(Cc3ccccc3C)ccn2)cc1.Cc1c[c-]c(-c2ccc(C)cn2)cc1.[Ir]. The molecule has 0 aliphatic carbocycles. The molecule has 0 bridgehead atoms. The molecular formula is C33H30IrN2-2. The Morgan fingerprint density at radius 3 is 1.86 bits per heavy atom. The predicted molar refractivity (Wildman–Crippen MR) is 145 cm³/mol. The van der Waals surface area contributed by atoms with Gasteiger partial charge in [-0.25, -0.2) is 0 Å². The second-order valence-electron chi connectivity index (χ2n) is 8.93. The first kappa shape index (κ1) is 27.2. The maximum Gasteiger partial charge on any atom is 0.0190 e. The fraction of sp³-hybridized carbons (Fsp3) is 0.152. The maximum atomic E-state index is 4.47. The van der Waals surface area contributed by atoms with Crippen LogP contribution in [0.3, 0.4) is 0 Å². The molecule has 0 unspecified atom stereocenters. The second kappa shape index (κ2) is 13.1. The zero-order chi connectivity index (χ0) is 24.6. The van der Waals surface area contributed by atoms with E-state index in [2.05, 4.69) is 104 Å². The molecular weight excluding hydrogens is 617 g/mol. The molecule has 0 saturated carbocycles. The van der Waals surface area contributed by atoms with E-state index in [-0.39, 0.29) is 20.1 Å². The third kappa shape index (κ3) is 7.55. The normalized spacial score (nSPS) is 10.1. The van der Waals surface area contributed by atoms with Gasteiger partial charge in [-0.15, -0.1) is 70.8 Å². The molecule has 183 valence electrons. The van der Waals surface area contributed by atoms with Crippen LogP contribution in [0.2, 0.25) is 0 Å². The van der Waals surface area contributed by atoms with E-state index in [0.717, 1.165) is 28.9 Å². The van der Waals surface area contributed by atoms with E-state index in [9.17, 15) is 0 Å². The van der Waals surface area contributed by atoms with E-state index in [1.54, 1.807) is 0 Å². The Balaban J connectivity index is 0.000000210. The smallest absolute Gasteiger partial charge is 0.0190 e. The minimum atomic E-state index is 0. The molecule has 2 nitrogen and oxygen atoms in total. The van der Waals surface area contributed by atoms with Gasteiger partial charge in [0.1, 0.15) is 0 Å². The van der Waals surface area contributed by atoms with Crippen molar-refractivity contribution in [2.24, 2.45) is 0 Å². The number of hydrogen-bond acceptors (Lipinski definition) is 2. The third-order valence-electron chi connectivity index (χ3n) is 5.88. The molecule has 0 saturated heterocycles. The molecule has 2 heterocycles. The van der Waals surface area contributed by atoms with Gasteiger partial charge in [-0.2, -0.15) is 0 Å². The van der Waals surface area contributed by atoms with Gasteiger partial charge >= 0.3 is 0 Å². The first-order valence-electron chi connectivity index (χ1n) is 11.9. The van der Waals surface area contributed by atoms with Gasteiger partial charge in [0, 0.05) is 32.5 Å². The molecule has 5 rings (SSSR count). The maximum absolute atomic E-state index is 4.47. The van der Waals surface area contributed by atoms with Gasteiger partial charge in [-0.05, 0) is 60.0 Å². The van der Waals surface area contributed by atoms with Crippen molar-refractivity contribution >= 4 is 0 Å². The number of rotatable bonds is 4. The topological polar surface area (TPSA) is 25.8 Å². The van der Waals surface area contributed by atoms with Crippen LogP contribution in [0.4, 0.5) is 0 Å². The average Bonchev–Trinajstić information content (AvgIpc) is 2.88. The minimum Gasteiger partial charge on any atom is -0.305 e. The largest absolute Gasteiger partial charge is 0.305 e. The summed E-state index contributed by atoms with van der Waals surface area (Å²) in [6.45, 7) is 8.33. The Kier molecular flexibility index (Phi) is 9.87. The Labute approximate surface area is 228 Å². The van der Waals surface area contributed by atoms with E-state index in [1.807, 2.05) is 43.6 Å². The van der Waals surface area contributed by atoms with Crippen LogP contribution in [0.25, 0.3) is 22.5 Å². The summed E-state index contributed by atoms with van der Waals surface area (Å²) in [5, 5.41) is 0. The number of nitrogens with zero attached hydrogens (tertiary/aromatic N) is 2. The fourth-order valence-corrected chi connectivity index (χ4v) is 3.71. The van der Waals surface area contributed by atoms with Gasteiger partial charge in [0.15, 0.2) is 0 Å². The van der Waals surface area contributed by atoms with Crippen LogP contribution >= 0.6 is 0 Å². The Hall–Kier alpha value is -3.39. The number of benzene rings is 3. The zero-order valence-corrected chi connectivity index (χ0v) is 23.6. The summed E-state index contributed by atoms with van der Waals surface area (Å²) in [6.07, 6.45) is 4.70. The molecule has 0 fully saturated rings. The van der Waals surface area contributed by atoms with Crippen LogP contribution < -0.4 is 0 Å². The summed E-state index contributed by atoms with van der Waals surface area (Å²) in [4.78, 5) is 8.82. The van der Waals surface area contributed by atoms with Crippen LogP contribution in [0.15, 0.2) is 97.3 Å². The van der Waals surface area contributed by atoms with Crippen LogP contribution in [0, 0.1) is 39.8 Å². The van der Waals surface area contributed by atoms with Gasteiger partial charge in [0.2, 0.25) is 0 Å². The number of aromatic nitrogens is 2. The van der Waals surface area contributed by atoms with Crippen LogP contribution in [0.5, 0.6) is 0 Å². The van der Waals surface area contributed by atoms with Crippen molar-refractivity contribution in [3.63, 3.8) is 0 Å². The average molecular weight is 647 g/mol. The predicted octanol–water partition coefficient (Wildman–Crippen LogP) is 7.92. The molecule has 3 aromatic carbocycles. The van der Waals surface area contributed by atoms with Crippen molar-refractivity contribution in [2.75, 3.05) is 0 Å². The first-order chi connectivity index (χ1) is 17.0. The van der Waals surface area contributed by atoms with Gasteiger partial charge in [-0.3, -0.25) is 0 Å². The van der Waals surface area contributed by atoms with Crippen LogP contribution in [0.1, 0.15) is 33.4 Å². The van der Waals surface area contributed by atoms with Crippen molar-refractivity contribution in [1.29, 1.82) is 0 Å². The van der Waals surface area contributed by atoms with Crippen LogP contribution in [-0.4, -0.2) is 9.97 Å². The van der Waals surface area contributed by atoms with Crippen molar-refractivity contribution in [3.8, 4) is 22.5 Å². The van der Waals surface area contributed by atoms with Crippen molar-refractivity contribution in [3.05, 3.63) is 143 Å². The van der Waals surface area contributed by atoms with E-state index in [0.29, 0.717) is 0 Å². The number of pyridine rings is 2. The molecule has 2 aromatic heterocycles. The van der Waals surface area contributed by atoms with E-state index < -0.39 is 0 Å².